The molecular formula is C62H56N2O4. The van der Waals surface area contributed by atoms with Crippen molar-refractivity contribution in [1.82, 2.24) is 10.6 Å². The average Bonchev–Trinajstić information content (AvgIpc) is 3.38. The molecule has 338 valence electrons. The largest absolute Gasteiger partial charge is 0.507 e. The Morgan fingerprint density at radius 1 is 0.441 bits per heavy atom. The molecule has 0 aliphatic carbocycles. The van der Waals surface area contributed by atoms with Gasteiger partial charge in [0, 0.05) is 70.2 Å². The first kappa shape index (κ1) is 44.2. The molecule has 10 rings (SSSR count). The van der Waals surface area contributed by atoms with Crippen LogP contribution in [0.3, 0.4) is 0 Å². The highest BCUT2D eigenvalue weighted by atomic mass is 16.5. The molecule has 68 heavy (non-hydrogen) atoms. The first-order valence-electron chi connectivity index (χ1n) is 23.8. The Morgan fingerprint density at radius 2 is 0.838 bits per heavy atom. The standard InChI is InChI=1S/C62H56N2O4/c1-2-3-24-48(64-38-47-23-17-32-56(62(47)66)54-30-13-15-34-60(54)68-41-58-51-27-10-6-20-44(51)36-45-21-7-11-28-52(45)58)39-63-37-46-22-16-31-55(61(46)65)53-29-12-14-33-59(53)67-40-57-49-25-8-4-18-42(49)35-43-19-5-9-26-50(43)57/h4-23,25-36,48,63-66H,2-3,24,37-41H2,1H3/t48-/m0/s1. The minimum atomic E-state index is 0.133. The van der Waals surface area contributed by atoms with Crippen LogP contribution in [0.5, 0.6) is 23.0 Å². The van der Waals surface area contributed by atoms with E-state index in [0.29, 0.717) is 44.3 Å². The van der Waals surface area contributed by atoms with Gasteiger partial charge in [0.2, 0.25) is 0 Å². The second kappa shape index (κ2) is 20.5. The number of unbranched alkanes of at least 4 members (excludes halogenated alkanes) is 1. The van der Waals surface area contributed by atoms with Crippen LogP contribution in [0.4, 0.5) is 0 Å². The monoisotopic (exact) mass is 892 g/mol. The summed E-state index contributed by atoms with van der Waals surface area (Å²) in [5.74, 6) is 1.91. The van der Waals surface area contributed by atoms with Crippen molar-refractivity contribution < 1.29 is 19.7 Å². The number of rotatable bonds is 18. The Morgan fingerprint density at radius 3 is 1.29 bits per heavy atom. The van der Waals surface area contributed by atoms with Gasteiger partial charge in [0.15, 0.2) is 0 Å². The second-order valence-corrected chi connectivity index (χ2v) is 17.6. The average molecular weight is 893 g/mol. The molecule has 0 unspecified atom stereocenters. The molecule has 0 aliphatic heterocycles. The van der Waals surface area contributed by atoms with Crippen molar-refractivity contribution >= 4 is 43.1 Å². The molecule has 0 fully saturated rings. The Hall–Kier alpha value is -7.64. The maximum atomic E-state index is 11.8. The lowest BCUT2D eigenvalue weighted by molar-refractivity contribution is 0.310. The van der Waals surface area contributed by atoms with Gasteiger partial charge in [-0.05, 0) is 73.8 Å². The number of aromatic hydroxyl groups is 2. The summed E-state index contributed by atoms with van der Waals surface area (Å²) in [6.07, 6.45) is 3.10. The third-order valence-electron chi connectivity index (χ3n) is 13.3. The molecule has 0 heterocycles. The summed E-state index contributed by atoms with van der Waals surface area (Å²) in [4.78, 5) is 0. The van der Waals surface area contributed by atoms with Crippen LogP contribution in [0.1, 0.15) is 48.4 Å². The fourth-order valence-corrected chi connectivity index (χ4v) is 9.72. The van der Waals surface area contributed by atoms with Crippen LogP contribution in [0.15, 0.2) is 194 Å². The summed E-state index contributed by atoms with van der Waals surface area (Å²) >= 11 is 0. The van der Waals surface area contributed by atoms with E-state index in [-0.39, 0.29) is 17.5 Å². The van der Waals surface area contributed by atoms with E-state index in [2.05, 4.69) is 127 Å². The van der Waals surface area contributed by atoms with E-state index in [1.807, 2.05) is 84.9 Å². The normalized spacial score (nSPS) is 12.0. The van der Waals surface area contributed by atoms with Gasteiger partial charge in [0.25, 0.3) is 0 Å². The molecular weight excluding hydrogens is 837 g/mol. The van der Waals surface area contributed by atoms with Crippen LogP contribution < -0.4 is 20.1 Å². The van der Waals surface area contributed by atoms with Crippen LogP contribution >= 0.6 is 0 Å². The lowest BCUT2D eigenvalue weighted by Gasteiger charge is -2.21. The van der Waals surface area contributed by atoms with Crippen LogP contribution in [-0.4, -0.2) is 22.8 Å². The zero-order valence-electron chi connectivity index (χ0n) is 38.4. The van der Waals surface area contributed by atoms with E-state index in [0.717, 1.165) is 63.8 Å². The highest BCUT2D eigenvalue weighted by Gasteiger charge is 2.19. The fourth-order valence-electron chi connectivity index (χ4n) is 9.72. The van der Waals surface area contributed by atoms with Gasteiger partial charge in [-0.3, -0.25) is 0 Å². The number of fused-ring (bicyclic) bond motifs is 4. The smallest absolute Gasteiger partial charge is 0.128 e. The maximum Gasteiger partial charge on any atom is 0.128 e. The number of benzene rings is 10. The maximum absolute atomic E-state index is 11.8. The molecule has 0 aromatic heterocycles. The van der Waals surface area contributed by atoms with Crippen LogP contribution in [-0.2, 0) is 26.3 Å². The highest BCUT2D eigenvalue weighted by Crippen LogP contribution is 2.41. The van der Waals surface area contributed by atoms with E-state index in [1.165, 1.54) is 43.1 Å². The van der Waals surface area contributed by atoms with Crippen molar-refractivity contribution in [2.45, 2.75) is 58.5 Å². The predicted molar refractivity (Wildman–Crippen MR) is 281 cm³/mol. The molecule has 0 aliphatic rings. The minimum Gasteiger partial charge on any atom is -0.507 e. The quantitative estimate of drug-likeness (QED) is 0.0643. The Balaban J connectivity index is 0.816. The summed E-state index contributed by atoms with van der Waals surface area (Å²) in [5, 5.41) is 40.4. The van der Waals surface area contributed by atoms with Gasteiger partial charge in [0.05, 0.1) is 0 Å². The number of hydrogen-bond donors (Lipinski definition) is 4. The molecule has 4 N–H and O–H groups in total. The highest BCUT2D eigenvalue weighted by molar-refractivity contribution is 6.03. The molecule has 10 aromatic rings. The molecule has 6 nitrogen and oxygen atoms in total. The summed E-state index contributed by atoms with van der Waals surface area (Å²) < 4.78 is 13.3. The van der Waals surface area contributed by atoms with Crippen molar-refractivity contribution in [2.24, 2.45) is 0 Å². The number of ether oxygens (including phenoxy) is 2. The molecule has 6 heteroatoms. The third-order valence-corrected chi connectivity index (χ3v) is 13.3. The summed E-state index contributed by atoms with van der Waals surface area (Å²) in [6.45, 7) is 4.65. The number of phenolic OH excluding ortho intramolecular Hbond substituents is 2. The van der Waals surface area contributed by atoms with Gasteiger partial charge >= 0.3 is 0 Å². The second-order valence-electron chi connectivity index (χ2n) is 17.6. The minimum absolute atomic E-state index is 0.133. The lowest BCUT2D eigenvalue weighted by atomic mass is 9.97. The molecule has 1 atom stereocenters. The van der Waals surface area contributed by atoms with Gasteiger partial charge in [-0.1, -0.05) is 190 Å². The van der Waals surface area contributed by atoms with Crippen molar-refractivity contribution in [1.29, 1.82) is 0 Å². The van der Waals surface area contributed by atoms with Gasteiger partial charge < -0.3 is 30.3 Å². The Labute approximate surface area is 398 Å². The fraction of sp³-hybridized carbons (Fsp3) is 0.161. The summed E-state index contributed by atoms with van der Waals surface area (Å²) in [7, 11) is 0. The molecule has 10 aromatic carbocycles. The Bertz CT molecular complexity index is 3270. The van der Waals surface area contributed by atoms with E-state index >= 15 is 0 Å². The van der Waals surface area contributed by atoms with Crippen molar-refractivity contribution in [2.75, 3.05) is 6.54 Å². The summed E-state index contributed by atoms with van der Waals surface area (Å²) in [6, 6.07) is 66.2. The Kier molecular flexibility index (Phi) is 13.3. The van der Waals surface area contributed by atoms with Crippen LogP contribution in [0.25, 0.3) is 65.3 Å². The van der Waals surface area contributed by atoms with Crippen LogP contribution in [0.2, 0.25) is 0 Å². The van der Waals surface area contributed by atoms with Crippen LogP contribution in [0, 0.1) is 0 Å². The number of hydrogen-bond acceptors (Lipinski definition) is 6. The molecule has 0 amide bonds. The third kappa shape index (κ3) is 9.34. The first-order valence-corrected chi connectivity index (χ1v) is 23.8. The lowest BCUT2D eigenvalue weighted by Crippen LogP contribution is -2.38. The van der Waals surface area contributed by atoms with Crippen molar-refractivity contribution in [3.05, 3.63) is 216 Å². The van der Waals surface area contributed by atoms with E-state index < -0.39 is 0 Å². The number of phenols is 2. The van der Waals surface area contributed by atoms with Gasteiger partial charge in [-0.15, -0.1) is 0 Å². The van der Waals surface area contributed by atoms with Crippen molar-refractivity contribution in [3.63, 3.8) is 0 Å². The topological polar surface area (TPSA) is 83.0 Å². The van der Waals surface area contributed by atoms with Gasteiger partial charge in [-0.2, -0.15) is 0 Å². The predicted octanol–water partition coefficient (Wildman–Crippen LogP) is 14.6. The SMILES string of the molecule is CCCC[C@@H](CNCc1cccc(-c2ccccc2OCc2c3ccccc3cc3ccccc23)c1O)NCc1cccc(-c2ccccc2OCc2c3ccccc3cc3ccccc23)c1O. The number of nitrogens with one attached hydrogen (secondary N) is 2. The zero-order valence-corrected chi connectivity index (χ0v) is 38.4. The zero-order chi connectivity index (χ0) is 46.2. The van der Waals surface area contributed by atoms with Gasteiger partial charge in [-0.25, -0.2) is 0 Å². The van der Waals surface area contributed by atoms with Crippen molar-refractivity contribution in [3.8, 4) is 45.3 Å². The molecule has 0 saturated heterocycles. The van der Waals surface area contributed by atoms with E-state index in [9.17, 15) is 10.2 Å². The molecule has 0 bridgehead atoms. The summed E-state index contributed by atoms with van der Waals surface area (Å²) in [5.41, 5.74) is 7.06. The molecule has 0 saturated carbocycles. The number of para-hydroxylation sites is 4. The molecule has 0 spiro atoms. The first-order chi connectivity index (χ1) is 33.5. The molecule has 0 radical (unpaired) electrons. The van der Waals surface area contributed by atoms with E-state index in [4.69, 9.17) is 9.47 Å². The van der Waals surface area contributed by atoms with Gasteiger partial charge in [0.1, 0.15) is 36.2 Å². The van der Waals surface area contributed by atoms with E-state index in [1.54, 1.807) is 0 Å².